The average Bonchev–Trinajstić information content (AvgIpc) is 3.23. The summed E-state index contributed by atoms with van der Waals surface area (Å²) in [6, 6.07) is 13.8. The fraction of sp³-hybridized carbons (Fsp3) is 0.263. The van der Waals surface area contributed by atoms with Crippen LogP contribution in [0.15, 0.2) is 57.7 Å². The number of aromatic nitrogens is 1. The number of nitrogens with zero attached hydrogens (tertiary/aromatic N) is 1. The highest BCUT2D eigenvalue weighted by Gasteiger charge is 2.24. The zero-order valence-electron chi connectivity index (χ0n) is 13.8. The lowest BCUT2D eigenvalue weighted by Crippen LogP contribution is -2.33. The van der Waals surface area contributed by atoms with Crippen molar-refractivity contribution in [3.05, 3.63) is 65.5 Å². The van der Waals surface area contributed by atoms with Crippen LogP contribution in [0.3, 0.4) is 0 Å². The molecule has 124 valence electrons. The van der Waals surface area contributed by atoms with E-state index in [1.54, 1.807) is 19.1 Å². The molecule has 1 N–H and O–H groups in total. The van der Waals surface area contributed by atoms with Gasteiger partial charge in [-0.1, -0.05) is 35.5 Å². The third-order valence-electron chi connectivity index (χ3n) is 3.92. The molecule has 0 aliphatic carbocycles. The lowest BCUT2D eigenvalue weighted by atomic mass is 10.1. The Morgan fingerprint density at radius 2 is 2.00 bits per heavy atom. The summed E-state index contributed by atoms with van der Waals surface area (Å²) in [6.07, 6.45) is 3.31. The van der Waals surface area contributed by atoms with E-state index >= 15 is 0 Å². The monoisotopic (exact) mass is 324 g/mol. The summed E-state index contributed by atoms with van der Waals surface area (Å²) < 4.78 is 10.6. The lowest BCUT2D eigenvalue weighted by molar-refractivity contribution is 0.0938. The Labute approximate surface area is 140 Å². The summed E-state index contributed by atoms with van der Waals surface area (Å²) >= 11 is 0. The fourth-order valence-electron chi connectivity index (χ4n) is 2.61. The van der Waals surface area contributed by atoms with Gasteiger partial charge in [-0.25, -0.2) is 0 Å². The highest BCUT2D eigenvalue weighted by Crippen LogP contribution is 2.26. The van der Waals surface area contributed by atoms with Gasteiger partial charge in [-0.2, -0.15) is 0 Å². The number of nitrogens with one attached hydrogen (secondary N) is 1. The smallest absolute Gasteiger partial charge is 0.257 e. The number of amides is 1. The van der Waals surface area contributed by atoms with Gasteiger partial charge in [-0.15, -0.1) is 0 Å². The van der Waals surface area contributed by atoms with Crippen molar-refractivity contribution in [2.24, 2.45) is 0 Å². The Morgan fingerprint density at radius 3 is 2.71 bits per heavy atom. The first-order valence-corrected chi connectivity index (χ1v) is 8.00. The molecule has 5 heteroatoms. The SMILES string of the molecule is Cc1noc(-c2ccco2)c1C(=O)N[C@@H](C)CCc1ccccc1. The van der Waals surface area contributed by atoms with Crippen molar-refractivity contribution in [3.63, 3.8) is 0 Å². The predicted molar refractivity (Wildman–Crippen MR) is 90.6 cm³/mol. The Balaban J connectivity index is 1.66. The highest BCUT2D eigenvalue weighted by molar-refractivity contribution is 6.00. The van der Waals surface area contributed by atoms with Gasteiger partial charge < -0.3 is 14.3 Å². The average molecular weight is 324 g/mol. The molecule has 0 saturated carbocycles. The molecular weight excluding hydrogens is 304 g/mol. The molecule has 2 heterocycles. The van der Waals surface area contributed by atoms with Gasteiger partial charge in [0.2, 0.25) is 5.76 Å². The molecule has 3 aromatic rings. The molecule has 0 spiro atoms. The summed E-state index contributed by atoms with van der Waals surface area (Å²) in [7, 11) is 0. The van der Waals surface area contributed by atoms with E-state index in [0.717, 1.165) is 12.8 Å². The number of aryl methyl sites for hydroxylation is 2. The Bertz CT molecular complexity index is 791. The van der Waals surface area contributed by atoms with Crippen LogP contribution in [0.25, 0.3) is 11.5 Å². The summed E-state index contributed by atoms with van der Waals surface area (Å²) in [6.45, 7) is 3.75. The fourth-order valence-corrected chi connectivity index (χ4v) is 2.61. The topological polar surface area (TPSA) is 68.3 Å². The molecule has 0 bridgehead atoms. The largest absolute Gasteiger partial charge is 0.461 e. The van der Waals surface area contributed by atoms with E-state index < -0.39 is 0 Å². The Hall–Kier alpha value is -2.82. The van der Waals surface area contributed by atoms with E-state index in [1.807, 2.05) is 25.1 Å². The number of benzene rings is 1. The van der Waals surface area contributed by atoms with Crippen molar-refractivity contribution < 1.29 is 13.7 Å². The van der Waals surface area contributed by atoms with E-state index in [0.29, 0.717) is 22.8 Å². The molecule has 0 radical (unpaired) electrons. The maximum absolute atomic E-state index is 12.6. The normalized spacial score (nSPS) is 12.1. The zero-order valence-corrected chi connectivity index (χ0v) is 13.8. The van der Waals surface area contributed by atoms with E-state index in [9.17, 15) is 4.79 Å². The van der Waals surface area contributed by atoms with Crippen molar-refractivity contribution >= 4 is 5.91 Å². The van der Waals surface area contributed by atoms with E-state index in [1.165, 1.54) is 11.8 Å². The summed E-state index contributed by atoms with van der Waals surface area (Å²) in [5.41, 5.74) is 2.24. The Morgan fingerprint density at radius 1 is 1.21 bits per heavy atom. The molecule has 1 aromatic carbocycles. The lowest BCUT2D eigenvalue weighted by Gasteiger charge is -2.13. The van der Waals surface area contributed by atoms with Gasteiger partial charge in [0.1, 0.15) is 5.56 Å². The second-order valence-electron chi connectivity index (χ2n) is 5.85. The number of carbonyl (C=O) groups excluding carboxylic acids is 1. The number of hydrogen-bond acceptors (Lipinski definition) is 4. The van der Waals surface area contributed by atoms with Crippen LogP contribution in [0, 0.1) is 6.92 Å². The van der Waals surface area contributed by atoms with Crippen LogP contribution in [0.5, 0.6) is 0 Å². The van der Waals surface area contributed by atoms with Crippen LogP contribution in [-0.4, -0.2) is 17.1 Å². The minimum atomic E-state index is -0.194. The van der Waals surface area contributed by atoms with Crippen LogP contribution in [0.1, 0.15) is 35.0 Å². The third-order valence-corrected chi connectivity index (χ3v) is 3.92. The van der Waals surface area contributed by atoms with Crippen LogP contribution < -0.4 is 5.32 Å². The second kappa shape index (κ2) is 7.17. The number of rotatable bonds is 6. The number of hydrogen-bond donors (Lipinski definition) is 1. The molecule has 1 atom stereocenters. The van der Waals surface area contributed by atoms with E-state index in [4.69, 9.17) is 8.94 Å². The minimum absolute atomic E-state index is 0.0384. The molecule has 0 aliphatic rings. The van der Waals surface area contributed by atoms with Gasteiger partial charge in [0.15, 0.2) is 5.76 Å². The Kier molecular flexibility index (Phi) is 4.79. The first-order valence-electron chi connectivity index (χ1n) is 8.00. The molecule has 0 saturated heterocycles. The molecule has 0 fully saturated rings. The minimum Gasteiger partial charge on any atom is -0.461 e. The zero-order chi connectivity index (χ0) is 16.9. The van der Waals surface area contributed by atoms with Gasteiger partial charge in [-0.05, 0) is 44.4 Å². The number of furan rings is 1. The first kappa shape index (κ1) is 16.1. The van der Waals surface area contributed by atoms with Gasteiger partial charge in [0, 0.05) is 6.04 Å². The summed E-state index contributed by atoms with van der Waals surface area (Å²) in [5.74, 6) is 0.670. The summed E-state index contributed by atoms with van der Waals surface area (Å²) in [5, 5.41) is 6.91. The van der Waals surface area contributed by atoms with Gasteiger partial charge in [0.05, 0.1) is 12.0 Å². The maximum atomic E-state index is 12.6. The van der Waals surface area contributed by atoms with Crippen molar-refractivity contribution in [1.82, 2.24) is 10.5 Å². The van der Waals surface area contributed by atoms with Gasteiger partial charge in [-0.3, -0.25) is 4.79 Å². The van der Waals surface area contributed by atoms with E-state index in [-0.39, 0.29) is 11.9 Å². The van der Waals surface area contributed by atoms with Crippen molar-refractivity contribution in [3.8, 4) is 11.5 Å². The quantitative estimate of drug-likeness (QED) is 0.744. The highest BCUT2D eigenvalue weighted by atomic mass is 16.5. The summed E-state index contributed by atoms with van der Waals surface area (Å²) in [4.78, 5) is 12.6. The molecule has 0 aliphatic heterocycles. The maximum Gasteiger partial charge on any atom is 0.257 e. The van der Waals surface area contributed by atoms with Crippen LogP contribution >= 0.6 is 0 Å². The van der Waals surface area contributed by atoms with Crippen LogP contribution in [0.2, 0.25) is 0 Å². The second-order valence-corrected chi connectivity index (χ2v) is 5.85. The van der Waals surface area contributed by atoms with Crippen LogP contribution in [0.4, 0.5) is 0 Å². The molecule has 1 amide bonds. The van der Waals surface area contributed by atoms with Crippen LogP contribution in [-0.2, 0) is 6.42 Å². The van der Waals surface area contributed by atoms with Gasteiger partial charge >= 0.3 is 0 Å². The standard InChI is InChI=1S/C19H20N2O3/c1-13(10-11-15-7-4-3-5-8-15)20-19(22)17-14(2)21-24-18(17)16-9-6-12-23-16/h3-9,12-13H,10-11H2,1-2H3,(H,20,22)/t13-/m0/s1. The molecule has 5 nitrogen and oxygen atoms in total. The van der Waals surface area contributed by atoms with E-state index in [2.05, 4.69) is 22.6 Å². The van der Waals surface area contributed by atoms with Crippen molar-refractivity contribution in [2.75, 3.05) is 0 Å². The molecule has 3 rings (SSSR count). The molecule has 0 unspecified atom stereocenters. The molecular formula is C19H20N2O3. The number of carbonyl (C=O) groups is 1. The molecule has 24 heavy (non-hydrogen) atoms. The first-order chi connectivity index (χ1) is 11.6. The van der Waals surface area contributed by atoms with Crippen molar-refractivity contribution in [1.29, 1.82) is 0 Å². The third kappa shape index (κ3) is 3.56. The predicted octanol–water partition coefficient (Wildman–Crippen LogP) is 3.99. The van der Waals surface area contributed by atoms with Crippen molar-refractivity contribution in [2.45, 2.75) is 32.7 Å². The molecule has 2 aromatic heterocycles. The van der Waals surface area contributed by atoms with Gasteiger partial charge in [0.25, 0.3) is 5.91 Å².